The Labute approximate surface area is 144 Å². The average molecular weight is 331 g/mol. The number of anilines is 2. The largest absolute Gasteiger partial charge is 0.398 e. The second-order valence-electron chi connectivity index (χ2n) is 5.83. The van der Waals surface area contributed by atoms with Gasteiger partial charge in [0.2, 0.25) is 5.78 Å². The fourth-order valence-corrected chi connectivity index (χ4v) is 2.81. The van der Waals surface area contributed by atoms with Crippen LogP contribution in [0.3, 0.4) is 0 Å². The van der Waals surface area contributed by atoms with Crippen LogP contribution in [0.5, 0.6) is 0 Å². The molecule has 2 N–H and O–H groups in total. The Morgan fingerprint density at radius 3 is 2.72 bits per heavy atom. The Morgan fingerprint density at radius 2 is 1.88 bits per heavy atom. The van der Waals surface area contributed by atoms with Gasteiger partial charge in [0.1, 0.15) is 0 Å². The number of imidazole rings is 1. The van der Waals surface area contributed by atoms with Crippen molar-refractivity contribution in [3.05, 3.63) is 55.1 Å². The summed E-state index contributed by atoms with van der Waals surface area (Å²) in [6.07, 6.45) is 7.12. The van der Waals surface area contributed by atoms with Crippen LogP contribution >= 0.6 is 0 Å². The third kappa shape index (κ3) is 2.55. The molecule has 3 heterocycles. The molecule has 4 aromatic rings. The highest BCUT2D eigenvalue weighted by Gasteiger charge is 2.15. The molecule has 0 unspecified atom stereocenters. The highest BCUT2D eigenvalue weighted by atomic mass is 15.1. The summed E-state index contributed by atoms with van der Waals surface area (Å²) in [6, 6.07) is 9.50. The Hall–Kier alpha value is -3.48. The molecule has 0 saturated heterocycles. The molecule has 0 bridgehead atoms. The normalized spacial score (nSPS) is 11.0. The molecule has 0 aliphatic carbocycles. The van der Waals surface area contributed by atoms with Gasteiger partial charge in [0.15, 0.2) is 5.82 Å². The van der Waals surface area contributed by atoms with Crippen molar-refractivity contribution in [3.63, 3.8) is 0 Å². The van der Waals surface area contributed by atoms with Crippen molar-refractivity contribution in [2.45, 2.75) is 0 Å². The van der Waals surface area contributed by atoms with E-state index >= 15 is 0 Å². The summed E-state index contributed by atoms with van der Waals surface area (Å²) < 4.78 is 1.90. The minimum atomic E-state index is 0.582. The third-order valence-corrected chi connectivity index (χ3v) is 3.99. The van der Waals surface area contributed by atoms with Gasteiger partial charge in [-0.15, -0.1) is 0 Å². The monoisotopic (exact) mass is 331 g/mol. The van der Waals surface area contributed by atoms with E-state index in [9.17, 15) is 0 Å². The molecule has 124 valence electrons. The molecule has 25 heavy (non-hydrogen) atoms. The summed E-state index contributed by atoms with van der Waals surface area (Å²) in [4.78, 5) is 19.7. The lowest BCUT2D eigenvalue weighted by molar-refractivity contribution is 1.09. The zero-order valence-corrected chi connectivity index (χ0v) is 14.0. The summed E-state index contributed by atoms with van der Waals surface area (Å²) in [7, 11) is 3.94. The second-order valence-corrected chi connectivity index (χ2v) is 5.83. The smallest absolute Gasteiger partial charge is 0.234 e. The first-order valence-electron chi connectivity index (χ1n) is 7.83. The van der Waals surface area contributed by atoms with Crippen LogP contribution in [0.2, 0.25) is 0 Å². The lowest BCUT2D eigenvalue weighted by Crippen LogP contribution is -2.11. The predicted octanol–water partition coefficient (Wildman–Crippen LogP) is 2.50. The van der Waals surface area contributed by atoms with Crippen LogP contribution in [0.15, 0.2) is 55.1 Å². The topological polar surface area (TPSA) is 85.2 Å². The van der Waals surface area contributed by atoms with E-state index in [1.165, 1.54) is 0 Å². The predicted molar refractivity (Wildman–Crippen MR) is 98.2 cm³/mol. The first kappa shape index (κ1) is 15.1. The molecule has 0 fully saturated rings. The van der Waals surface area contributed by atoms with Crippen molar-refractivity contribution in [2.75, 3.05) is 24.7 Å². The van der Waals surface area contributed by atoms with Crippen molar-refractivity contribution < 1.29 is 0 Å². The number of nitrogens with two attached hydrogens (primary N) is 1. The van der Waals surface area contributed by atoms with Crippen LogP contribution in [0.25, 0.3) is 28.6 Å². The van der Waals surface area contributed by atoms with Crippen LogP contribution < -0.4 is 10.6 Å². The van der Waals surface area contributed by atoms with Crippen molar-refractivity contribution >= 4 is 17.2 Å². The Morgan fingerprint density at radius 1 is 1.00 bits per heavy atom. The molecule has 0 radical (unpaired) electrons. The summed E-state index contributed by atoms with van der Waals surface area (Å²) in [6.45, 7) is 0. The van der Waals surface area contributed by atoms with Gasteiger partial charge in [-0.25, -0.2) is 19.9 Å². The summed E-state index contributed by atoms with van der Waals surface area (Å²) in [5.41, 5.74) is 10.3. The third-order valence-electron chi connectivity index (χ3n) is 3.99. The maximum Gasteiger partial charge on any atom is 0.234 e. The van der Waals surface area contributed by atoms with E-state index in [1.807, 2.05) is 59.9 Å². The average Bonchev–Trinajstić information content (AvgIpc) is 3.05. The molecular formula is C18H17N7. The van der Waals surface area contributed by atoms with Gasteiger partial charge in [0, 0.05) is 44.1 Å². The van der Waals surface area contributed by atoms with Crippen LogP contribution in [0.1, 0.15) is 0 Å². The first-order chi connectivity index (χ1) is 12.1. The molecule has 1 aromatic carbocycles. The molecule has 4 rings (SSSR count). The zero-order chi connectivity index (χ0) is 17.4. The van der Waals surface area contributed by atoms with Crippen LogP contribution in [-0.4, -0.2) is 38.4 Å². The quantitative estimate of drug-likeness (QED) is 0.581. The van der Waals surface area contributed by atoms with Crippen molar-refractivity contribution in [1.29, 1.82) is 0 Å². The van der Waals surface area contributed by atoms with Crippen LogP contribution in [0, 0.1) is 0 Å². The molecule has 7 nitrogen and oxygen atoms in total. The molecule has 0 aliphatic heterocycles. The van der Waals surface area contributed by atoms with Gasteiger partial charge in [-0.3, -0.25) is 4.40 Å². The number of hydrogen-bond acceptors (Lipinski definition) is 6. The molecule has 0 aliphatic rings. The first-order valence-corrected chi connectivity index (χ1v) is 7.83. The Bertz CT molecular complexity index is 1050. The standard InChI is InChI=1S/C18H17N7/c1-24(2)14-6-3-5-12(19)16(14)17-20-9-7-13(23-17)15-11-22-18-21-8-4-10-25(15)18/h3-11H,19H2,1-2H3. The SMILES string of the molecule is CN(C)c1cccc(N)c1-c1nccc(-c2cnc3ncccn23)n1. The van der Waals surface area contributed by atoms with E-state index in [1.54, 1.807) is 18.6 Å². The molecular weight excluding hydrogens is 314 g/mol. The van der Waals surface area contributed by atoms with Gasteiger partial charge < -0.3 is 10.6 Å². The van der Waals surface area contributed by atoms with Gasteiger partial charge >= 0.3 is 0 Å². The second kappa shape index (κ2) is 5.86. The number of nitrogens with zero attached hydrogens (tertiary/aromatic N) is 6. The number of aromatic nitrogens is 5. The van der Waals surface area contributed by atoms with Crippen molar-refractivity contribution in [3.8, 4) is 22.8 Å². The van der Waals surface area contributed by atoms with E-state index < -0.39 is 0 Å². The molecule has 3 aromatic heterocycles. The van der Waals surface area contributed by atoms with Crippen molar-refractivity contribution in [1.82, 2.24) is 24.3 Å². The zero-order valence-electron chi connectivity index (χ0n) is 14.0. The fraction of sp³-hybridized carbons (Fsp3) is 0.111. The molecule has 0 atom stereocenters. The highest BCUT2D eigenvalue weighted by Crippen LogP contribution is 2.33. The molecule has 0 spiro atoms. The van der Waals surface area contributed by atoms with Gasteiger partial charge in [0.05, 0.1) is 23.1 Å². The number of benzene rings is 1. The molecule has 0 saturated carbocycles. The van der Waals surface area contributed by atoms with Crippen LogP contribution in [0.4, 0.5) is 11.4 Å². The number of hydrogen-bond donors (Lipinski definition) is 1. The van der Waals surface area contributed by atoms with E-state index in [2.05, 4.69) is 15.0 Å². The van der Waals surface area contributed by atoms with Crippen LogP contribution in [-0.2, 0) is 0 Å². The number of nitrogen functional groups attached to an aromatic ring is 1. The Kier molecular flexibility index (Phi) is 3.53. The maximum absolute atomic E-state index is 6.22. The molecule has 0 amide bonds. The molecule has 7 heteroatoms. The highest BCUT2D eigenvalue weighted by molar-refractivity contribution is 5.85. The van der Waals surface area contributed by atoms with Gasteiger partial charge in [0.25, 0.3) is 0 Å². The van der Waals surface area contributed by atoms with Gasteiger partial charge in [-0.1, -0.05) is 6.07 Å². The van der Waals surface area contributed by atoms with Gasteiger partial charge in [-0.05, 0) is 24.3 Å². The minimum absolute atomic E-state index is 0.582. The lowest BCUT2D eigenvalue weighted by Gasteiger charge is -2.18. The van der Waals surface area contributed by atoms with Crippen molar-refractivity contribution in [2.24, 2.45) is 0 Å². The minimum Gasteiger partial charge on any atom is -0.398 e. The van der Waals surface area contributed by atoms with E-state index in [-0.39, 0.29) is 0 Å². The summed E-state index contributed by atoms with van der Waals surface area (Å²) >= 11 is 0. The fourth-order valence-electron chi connectivity index (χ4n) is 2.81. The lowest BCUT2D eigenvalue weighted by atomic mass is 10.1. The van der Waals surface area contributed by atoms with E-state index in [0.717, 1.165) is 22.6 Å². The maximum atomic E-state index is 6.22. The number of rotatable bonds is 3. The number of fused-ring (bicyclic) bond motifs is 1. The Balaban J connectivity index is 1.89. The summed E-state index contributed by atoms with van der Waals surface area (Å²) in [5.74, 6) is 1.21. The van der Waals surface area contributed by atoms with E-state index in [0.29, 0.717) is 17.3 Å². The van der Waals surface area contributed by atoms with Gasteiger partial charge in [-0.2, -0.15) is 0 Å². The summed E-state index contributed by atoms with van der Waals surface area (Å²) in [5, 5.41) is 0. The van der Waals surface area contributed by atoms with E-state index in [4.69, 9.17) is 10.7 Å².